The number of rotatable bonds is 1. The molecule has 4 heteroatoms. The maximum absolute atomic E-state index is 3.72. The lowest BCUT2D eigenvalue weighted by Gasteiger charge is -2.39. The fourth-order valence-corrected chi connectivity index (χ4v) is 6.89. The van der Waals surface area contributed by atoms with Crippen LogP contribution in [0.2, 0.25) is 0 Å². The van der Waals surface area contributed by atoms with E-state index in [9.17, 15) is 0 Å². The molecule has 0 fully saturated rings. The van der Waals surface area contributed by atoms with Gasteiger partial charge in [-0.1, -0.05) is 84.0 Å². The van der Waals surface area contributed by atoms with Crippen LogP contribution in [0.4, 0.5) is 17.1 Å². The number of benzene rings is 5. The van der Waals surface area contributed by atoms with Crippen molar-refractivity contribution in [3.63, 3.8) is 0 Å². The van der Waals surface area contributed by atoms with E-state index in [1.807, 2.05) is 11.8 Å². The van der Waals surface area contributed by atoms with E-state index in [4.69, 9.17) is 0 Å². The summed E-state index contributed by atoms with van der Waals surface area (Å²) in [7, 11) is 2.38. The lowest BCUT2D eigenvalue weighted by Crippen LogP contribution is -2.42. The first kappa shape index (κ1) is 19.4. The number of nitrogens with zero attached hydrogens (tertiary/aromatic N) is 1. The summed E-state index contributed by atoms with van der Waals surface area (Å²) < 4.78 is 0. The van der Waals surface area contributed by atoms with Crippen molar-refractivity contribution in [1.82, 2.24) is 4.98 Å². The topological polar surface area (TPSA) is 19.0 Å². The Hall–Kier alpha value is -3.89. The first-order valence-electron chi connectivity index (χ1n) is 12.0. The highest BCUT2D eigenvalue weighted by Gasteiger charge is 2.33. The van der Waals surface area contributed by atoms with Crippen molar-refractivity contribution in [1.29, 1.82) is 0 Å². The van der Waals surface area contributed by atoms with Gasteiger partial charge in [-0.2, -0.15) is 0 Å². The van der Waals surface area contributed by atoms with Crippen LogP contribution in [0.25, 0.3) is 32.9 Å². The number of aromatic nitrogens is 1. The molecular formula is C31H20BN2S. The first-order valence-corrected chi connectivity index (χ1v) is 12.8. The van der Waals surface area contributed by atoms with Crippen LogP contribution in [-0.2, 0) is 0 Å². The zero-order chi connectivity index (χ0) is 23.1. The van der Waals surface area contributed by atoms with Crippen molar-refractivity contribution < 1.29 is 0 Å². The van der Waals surface area contributed by atoms with Gasteiger partial charge in [0.2, 0.25) is 0 Å². The highest BCUT2D eigenvalue weighted by atomic mass is 32.2. The van der Waals surface area contributed by atoms with Crippen LogP contribution in [0.3, 0.4) is 0 Å². The third-order valence-electron chi connectivity index (χ3n) is 7.25. The lowest BCUT2D eigenvalue weighted by atomic mass is 9.58. The standard InChI is InChI=1S/C31H20BN2S/c1-18-16-22(21-10-6-9-20-19-8-2-3-12-24(19)33-30(20)21)29-26(17-18)34-25-13-4-5-14-27(25)35-28-15-7-11-23(32-29)31(28)34/h2-17,33H,1H3. The van der Waals surface area contributed by atoms with E-state index < -0.39 is 0 Å². The van der Waals surface area contributed by atoms with Gasteiger partial charge in [-0.25, -0.2) is 0 Å². The number of hydrogen-bond donors (Lipinski definition) is 1. The molecule has 3 heterocycles. The molecule has 163 valence electrons. The van der Waals surface area contributed by atoms with Gasteiger partial charge in [0.1, 0.15) is 0 Å². The molecule has 8 rings (SSSR count). The van der Waals surface area contributed by atoms with Gasteiger partial charge in [-0.15, -0.1) is 0 Å². The summed E-state index contributed by atoms with van der Waals surface area (Å²) in [5.41, 5.74) is 12.5. The molecule has 0 saturated heterocycles. The van der Waals surface area contributed by atoms with Gasteiger partial charge in [0.05, 0.1) is 16.9 Å². The number of H-pyrrole nitrogens is 1. The summed E-state index contributed by atoms with van der Waals surface area (Å²) >= 11 is 1.87. The second-order valence-electron chi connectivity index (χ2n) is 9.39. The number of aryl methyl sites for hydroxylation is 1. The Morgan fingerprint density at radius 2 is 1.51 bits per heavy atom. The summed E-state index contributed by atoms with van der Waals surface area (Å²) in [6.07, 6.45) is 0. The third kappa shape index (κ3) is 2.69. The summed E-state index contributed by atoms with van der Waals surface area (Å²) in [4.78, 5) is 8.81. The molecule has 0 saturated carbocycles. The Balaban J connectivity index is 1.45. The normalized spacial score (nSPS) is 13.3. The van der Waals surface area contributed by atoms with Crippen molar-refractivity contribution in [2.24, 2.45) is 0 Å². The SMILES string of the molecule is Cc1cc(-c2cccc3c2[nH]c2ccccc23)c2c(c1)N1c3ccccc3Sc3cccc(c31)[B]2. The van der Waals surface area contributed by atoms with Gasteiger partial charge in [0.25, 0.3) is 0 Å². The Morgan fingerprint density at radius 1 is 0.714 bits per heavy atom. The zero-order valence-corrected chi connectivity index (χ0v) is 20.0. The lowest BCUT2D eigenvalue weighted by molar-refractivity contribution is 1.17. The van der Waals surface area contributed by atoms with Crippen molar-refractivity contribution in [2.45, 2.75) is 16.7 Å². The predicted octanol–water partition coefficient (Wildman–Crippen LogP) is 7.20. The quantitative estimate of drug-likeness (QED) is 0.260. The first-order chi connectivity index (χ1) is 17.3. The molecule has 2 aliphatic heterocycles. The maximum atomic E-state index is 3.72. The van der Waals surface area contributed by atoms with E-state index in [-0.39, 0.29) is 0 Å². The largest absolute Gasteiger partial charge is 0.354 e. The minimum atomic E-state index is 1.18. The molecular weight excluding hydrogens is 443 g/mol. The molecule has 6 aromatic rings. The van der Waals surface area contributed by atoms with Crippen LogP contribution >= 0.6 is 11.8 Å². The van der Waals surface area contributed by atoms with Gasteiger partial charge < -0.3 is 9.88 Å². The highest BCUT2D eigenvalue weighted by molar-refractivity contribution is 7.99. The smallest absolute Gasteiger partial charge is 0.197 e. The average molecular weight is 463 g/mol. The van der Waals surface area contributed by atoms with E-state index >= 15 is 0 Å². The second kappa shape index (κ2) is 7.06. The van der Waals surface area contributed by atoms with Crippen molar-refractivity contribution in [2.75, 3.05) is 4.90 Å². The Labute approximate surface area is 208 Å². The van der Waals surface area contributed by atoms with Crippen LogP contribution in [0.15, 0.2) is 107 Å². The molecule has 1 radical (unpaired) electrons. The summed E-state index contributed by atoms with van der Waals surface area (Å²) in [6, 6.07) is 35.4. The van der Waals surface area contributed by atoms with Gasteiger partial charge in [-0.05, 0) is 53.8 Å². The number of hydrogen-bond acceptors (Lipinski definition) is 2. The third-order valence-corrected chi connectivity index (χ3v) is 8.37. The van der Waals surface area contributed by atoms with Gasteiger partial charge >= 0.3 is 0 Å². The van der Waals surface area contributed by atoms with Gasteiger partial charge in [0.15, 0.2) is 7.28 Å². The molecule has 0 unspecified atom stereocenters. The summed E-state index contributed by atoms with van der Waals surface area (Å²) in [5, 5.41) is 2.54. The molecule has 0 spiro atoms. The molecule has 2 aliphatic rings. The van der Waals surface area contributed by atoms with Crippen LogP contribution in [0.1, 0.15) is 5.56 Å². The summed E-state index contributed by atoms with van der Waals surface area (Å²) in [5.74, 6) is 0. The molecule has 0 bridgehead atoms. The number of anilines is 3. The van der Waals surface area contributed by atoms with Crippen LogP contribution in [0, 0.1) is 6.92 Å². The Morgan fingerprint density at radius 3 is 2.49 bits per heavy atom. The van der Waals surface area contributed by atoms with E-state index in [1.54, 1.807) is 0 Å². The molecule has 0 amide bonds. The van der Waals surface area contributed by atoms with Crippen molar-refractivity contribution in [3.05, 3.63) is 103 Å². The van der Waals surface area contributed by atoms with Gasteiger partial charge in [-0.3, -0.25) is 0 Å². The monoisotopic (exact) mass is 463 g/mol. The number of nitrogens with one attached hydrogen (secondary N) is 1. The number of para-hydroxylation sites is 4. The minimum absolute atomic E-state index is 1.18. The molecule has 0 aliphatic carbocycles. The van der Waals surface area contributed by atoms with E-state index in [2.05, 4.69) is 121 Å². The van der Waals surface area contributed by atoms with Crippen LogP contribution in [0.5, 0.6) is 0 Å². The van der Waals surface area contributed by atoms with Crippen LogP contribution < -0.4 is 15.8 Å². The van der Waals surface area contributed by atoms with Crippen molar-refractivity contribution in [3.8, 4) is 11.1 Å². The summed E-state index contributed by atoms with van der Waals surface area (Å²) in [6.45, 7) is 2.21. The molecule has 35 heavy (non-hydrogen) atoms. The fraction of sp³-hybridized carbons (Fsp3) is 0.0323. The average Bonchev–Trinajstić information content (AvgIpc) is 3.27. The van der Waals surface area contributed by atoms with E-state index in [1.165, 1.54) is 76.3 Å². The highest BCUT2D eigenvalue weighted by Crippen LogP contribution is 2.51. The molecule has 2 nitrogen and oxygen atoms in total. The molecule has 1 aromatic heterocycles. The van der Waals surface area contributed by atoms with Crippen molar-refractivity contribution >= 4 is 68.8 Å². The predicted molar refractivity (Wildman–Crippen MR) is 150 cm³/mol. The molecule has 0 atom stereocenters. The molecule has 1 N–H and O–H groups in total. The molecule has 5 aromatic carbocycles. The second-order valence-corrected chi connectivity index (χ2v) is 10.5. The fourth-order valence-electron chi connectivity index (χ4n) is 5.79. The maximum Gasteiger partial charge on any atom is 0.197 e. The van der Waals surface area contributed by atoms with E-state index in [0.29, 0.717) is 0 Å². The Bertz CT molecular complexity index is 1830. The zero-order valence-electron chi connectivity index (χ0n) is 19.2. The van der Waals surface area contributed by atoms with Crippen LogP contribution in [-0.4, -0.2) is 12.3 Å². The van der Waals surface area contributed by atoms with E-state index in [0.717, 1.165) is 0 Å². The number of fused-ring (bicyclic) bond motifs is 7. The number of aromatic amines is 1. The minimum Gasteiger partial charge on any atom is -0.354 e. The van der Waals surface area contributed by atoms with Gasteiger partial charge in [0, 0.05) is 37.3 Å². The Kier molecular flexibility index (Phi) is 3.92.